The van der Waals surface area contributed by atoms with Crippen molar-refractivity contribution < 1.29 is 22.7 Å². The summed E-state index contributed by atoms with van der Waals surface area (Å²) in [6.45, 7) is 3.45. The molecule has 0 radical (unpaired) electrons. The number of aromatic nitrogens is 3. The number of nitrogens with zero attached hydrogens (tertiary/aromatic N) is 3. The van der Waals surface area contributed by atoms with E-state index in [2.05, 4.69) is 15.5 Å². The van der Waals surface area contributed by atoms with E-state index < -0.39 is 29.0 Å². The van der Waals surface area contributed by atoms with Crippen LogP contribution in [0.15, 0.2) is 84.0 Å². The van der Waals surface area contributed by atoms with Crippen LogP contribution in [0.2, 0.25) is 5.02 Å². The summed E-state index contributed by atoms with van der Waals surface area (Å²) < 4.78 is 46.9. The number of hydrogen-bond donors (Lipinski definition) is 1. The van der Waals surface area contributed by atoms with Crippen LogP contribution in [0.3, 0.4) is 0 Å². The summed E-state index contributed by atoms with van der Waals surface area (Å²) in [5, 5.41) is 11.3. The van der Waals surface area contributed by atoms with Crippen LogP contribution in [0.1, 0.15) is 31.3 Å². The molecule has 11 heteroatoms. The molecule has 2 atom stereocenters. The molecule has 1 amide bonds. The largest absolute Gasteiger partial charge is 0.481 e. The molecule has 192 valence electrons. The second kappa shape index (κ2) is 11.3. The van der Waals surface area contributed by atoms with Crippen molar-refractivity contribution in [2.75, 3.05) is 5.32 Å². The van der Waals surface area contributed by atoms with Gasteiger partial charge in [0.1, 0.15) is 5.75 Å². The molecule has 0 fully saturated rings. The van der Waals surface area contributed by atoms with Crippen molar-refractivity contribution >= 4 is 35.0 Å². The number of halogens is 4. The zero-order valence-corrected chi connectivity index (χ0v) is 21.3. The number of benzene rings is 3. The molecule has 0 saturated carbocycles. The van der Waals surface area contributed by atoms with Gasteiger partial charge in [0, 0.05) is 11.4 Å². The maximum absolute atomic E-state index is 13.0. The first kappa shape index (κ1) is 26.6. The van der Waals surface area contributed by atoms with Gasteiger partial charge in [-0.05, 0) is 56.3 Å². The minimum atomic E-state index is -4.51. The van der Waals surface area contributed by atoms with Crippen molar-refractivity contribution in [3.63, 3.8) is 0 Å². The Morgan fingerprint density at radius 1 is 1.00 bits per heavy atom. The van der Waals surface area contributed by atoms with Crippen LogP contribution < -0.4 is 10.1 Å². The number of alkyl halides is 3. The van der Waals surface area contributed by atoms with E-state index in [4.69, 9.17) is 16.3 Å². The van der Waals surface area contributed by atoms with E-state index in [9.17, 15) is 18.0 Å². The lowest BCUT2D eigenvalue weighted by Gasteiger charge is -2.18. The number of hydrogen-bond acceptors (Lipinski definition) is 5. The Balaban J connectivity index is 1.57. The topological polar surface area (TPSA) is 69.0 Å². The van der Waals surface area contributed by atoms with E-state index >= 15 is 0 Å². The first-order valence-electron chi connectivity index (χ1n) is 11.2. The quantitative estimate of drug-likeness (QED) is 0.237. The van der Waals surface area contributed by atoms with Gasteiger partial charge in [-0.2, -0.15) is 13.2 Å². The average molecular weight is 547 g/mol. The number of carbonyl (C=O) groups is 1. The summed E-state index contributed by atoms with van der Waals surface area (Å²) in [4.78, 5) is 12.8. The molecule has 0 saturated heterocycles. The number of ether oxygens (including phenoxy) is 1. The molecule has 0 bridgehead atoms. The summed E-state index contributed by atoms with van der Waals surface area (Å²) in [5.74, 6) is 0.496. The molecule has 37 heavy (non-hydrogen) atoms. The van der Waals surface area contributed by atoms with Crippen LogP contribution in [-0.4, -0.2) is 25.9 Å². The summed E-state index contributed by atoms with van der Waals surface area (Å²) in [7, 11) is 0. The van der Waals surface area contributed by atoms with Crippen molar-refractivity contribution in [1.82, 2.24) is 14.8 Å². The standard InChI is InChI=1S/C26H22ClF3N4O2S/c1-16(36-22-14-7-6-13-21(22)27)23-32-33-25(34(23)20-11-4-3-5-12-20)37-17(2)24(35)31-19-10-8-9-18(15-19)26(28,29)30/h3-17H,1-2H3,(H,31,35). The van der Waals surface area contributed by atoms with Gasteiger partial charge in [-0.1, -0.05) is 59.8 Å². The third-order valence-electron chi connectivity index (χ3n) is 5.29. The lowest BCUT2D eigenvalue weighted by molar-refractivity contribution is -0.137. The van der Waals surface area contributed by atoms with Gasteiger partial charge in [0.25, 0.3) is 0 Å². The van der Waals surface area contributed by atoms with Crippen LogP contribution in [-0.2, 0) is 11.0 Å². The van der Waals surface area contributed by atoms with Crippen molar-refractivity contribution in [2.24, 2.45) is 0 Å². The van der Waals surface area contributed by atoms with E-state index in [1.807, 2.05) is 43.3 Å². The second-order valence-electron chi connectivity index (χ2n) is 8.03. The zero-order chi connectivity index (χ0) is 26.6. The summed E-state index contributed by atoms with van der Waals surface area (Å²) in [6, 6.07) is 20.9. The lowest BCUT2D eigenvalue weighted by Crippen LogP contribution is -2.23. The van der Waals surface area contributed by atoms with Gasteiger partial charge < -0.3 is 10.1 Å². The molecule has 2 unspecified atom stereocenters. The van der Waals surface area contributed by atoms with Crippen molar-refractivity contribution in [3.8, 4) is 11.4 Å². The maximum Gasteiger partial charge on any atom is 0.416 e. The summed E-state index contributed by atoms with van der Waals surface area (Å²) in [6.07, 6.45) is -5.05. The number of nitrogens with one attached hydrogen (secondary N) is 1. The maximum atomic E-state index is 13.0. The second-order valence-corrected chi connectivity index (χ2v) is 9.75. The van der Waals surface area contributed by atoms with Gasteiger partial charge in [0.2, 0.25) is 5.91 Å². The smallest absolute Gasteiger partial charge is 0.416 e. The Hall–Kier alpha value is -3.50. The molecule has 1 heterocycles. The summed E-state index contributed by atoms with van der Waals surface area (Å²) >= 11 is 7.37. The molecule has 0 aliphatic heterocycles. The molecule has 6 nitrogen and oxygen atoms in total. The Morgan fingerprint density at radius 3 is 2.41 bits per heavy atom. The third-order valence-corrected chi connectivity index (χ3v) is 6.64. The van der Waals surface area contributed by atoms with E-state index in [-0.39, 0.29) is 5.69 Å². The minimum absolute atomic E-state index is 0.0549. The molecule has 0 aliphatic carbocycles. The molecule has 4 aromatic rings. The van der Waals surface area contributed by atoms with Crippen LogP contribution >= 0.6 is 23.4 Å². The predicted octanol–water partition coefficient (Wildman–Crippen LogP) is 7.20. The van der Waals surface area contributed by atoms with Crippen LogP contribution in [0, 0.1) is 0 Å². The van der Waals surface area contributed by atoms with Crippen LogP contribution in [0.4, 0.5) is 18.9 Å². The Labute approximate surface area is 220 Å². The predicted molar refractivity (Wildman–Crippen MR) is 137 cm³/mol. The molecule has 4 rings (SSSR count). The Kier molecular flexibility index (Phi) is 8.09. The highest BCUT2D eigenvalue weighted by Crippen LogP contribution is 2.33. The molecule has 3 aromatic carbocycles. The van der Waals surface area contributed by atoms with E-state index in [0.29, 0.717) is 21.8 Å². The molecule has 0 spiro atoms. The number of rotatable bonds is 8. The fraction of sp³-hybridized carbons (Fsp3) is 0.192. The number of para-hydroxylation sites is 2. The van der Waals surface area contributed by atoms with Gasteiger partial charge in [0.15, 0.2) is 17.1 Å². The fourth-order valence-electron chi connectivity index (χ4n) is 3.45. The van der Waals surface area contributed by atoms with Gasteiger partial charge in [0.05, 0.1) is 15.8 Å². The van der Waals surface area contributed by atoms with Gasteiger partial charge >= 0.3 is 6.18 Å². The number of carbonyl (C=O) groups excluding carboxylic acids is 1. The lowest BCUT2D eigenvalue weighted by atomic mass is 10.2. The van der Waals surface area contributed by atoms with Crippen molar-refractivity contribution in [3.05, 3.63) is 95.3 Å². The summed E-state index contributed by atoms with van der Waals surface area (Å²) in [5.41, 5.74) is -0.0316. The minimum Gasteiger partial charge on any atom is -0.481 e. The normalized spacial score (nSPS) is 13.1. The van der Waals surface area contributed by atoms with Gasteiger partial charge in [-0.15, -0.1) is 10.2 Å². The average Bonchev–Trinajstić information content (AvgIpc) is 3.29. The Morgan fingerprint density at radius 2 is 1.70 bits per heavy atom. The SMILES string of the molecule is CC(Sc1nnc(C(C)Oc2ccccc2Cl)n1-c1ccccc1)C(=O)Nc1cccc(C(F)(F)F)c1. The highest BCUT2D eigenvalue weighted by molar-refractivity contribution is 8.00. The number of thioether (sulfide) groups is 1. The molecular formula is C26H22ClF3N4O2S. The monoisotopic (exact) mass is 546 g/mol. The molecule has 0 aliphatic rings. The van der Waals surface area contributed by atoms with Crippen molar-refractivity contribution in [1.29, 1.82) is 0 Å². The fourth-order valence-corrected chi connectivity index (χ4v) is 4.51. The highest BCUT2D eigenvalue weighted by Gasteiger charge is 2.31. The highest BCUT2D eigenvalue weighted by atomic mass is 35.5. The van der Waals surface area contributed by atoms with Gasteiger partial charge in [-0.3, -0.25) is 9.36 Å². The third kappa shape index (κ3) is 6.44. The molecule has 1 aromatic heterocycles. The first-order chi connectivity index (χ1) is 17.6. The number of amides is 1. The Bertz CT molecular complexity index is 1380. The molecule has 1 N–H and O–H groups in total. The van der Waals surface area contributed by atoms with E-state index in [0.717, 1.165) is 29.6 Å². The van der Waals surface area contributed by atoms with Crippen LogP contribution in [0.5, 0.6) is 5.75 Å². The van der Waals surface area contributed by atoms with E-state index in [1.54, 1.807) is 29.7 Å². The molecular weight excluding hydrogens is 525 g/mol. The van der Waals surface area contributed by atoms with E-state index in [1.165, 1.54) is 12.1 Å². The van der Waals surface area contributed by atoms with Crippen LogP contribution in [0.25, 0.3) is 5.69 Å². The van der Waals surface area contributed by atoms with Crippen molar-refractivity contribution in [2.45, 2.75) is 36.5 Å². The first-order valence-corrected chi connectivity index (χ1v) is 12.5. The van der Waals surface area contributed by atoms with Gasteiger partial charge in [-0.25, -0.2) is 0 Å². The number of anilines is 1. The zero-order valence-electron chi connectivity index (χ0n) is 19.7.